The Morgan fingerprint density at radius 3 is 2.35 bits per heavy atom. The fraction of sp³-hybridized carbons (Fsp3) is 0.360. The van der Waals surface area contributed by atoms with Gasteiger partial charge in [0, 0.05) is 17.2 Å². The van der Waals surface area contributed by atoms with Crippen LogP contribution in [-0.2, 0) is 14.3 Å². The fourth-order valence-corrected chi connectivity index (χ4v) is 5.71. The number of carbonyl (C=O) groups is 4. The van der Waals surface area contributed by atoms with Crippen molar-refractivity contribution in [3.63, 3.8) is 0 Å². The first-order chi connectivity index (χ1) is 16.3. The molecule has 0 radical (unpaired) electrons. The number of esters is 1. The zero-order valence-corrected chi connectivity index (χ0v) is 18.4. The van der Waals surface area contributed by atoms with Crippen LogP contribution in [-0.4, -0.2) is 35.1 Å². The van der Waals surface area contributed by atoms with Gasteiger partial charge in [-0.1, -0.05) is 18.2 Å². The zero-order chi connectivity index (χ0) is 24.1. The van der Waals surface area contributed by atoms with E-state index in [4.69, 9.17) is 4.74 Å². The molecule has 2 bridgehead atoms. The first-order valence-corrected chi connectivity index (χ1v) is 11.2. The van der Waals surface area contributed by atoms with Crippen LogP contribution in [0.5, 0.6) is 0 Å². The molecule has 2 saturated carbocycles. The molecule has 0 unspecified atom stereocenters. The summed E-state index contributed by atoms with van der Waals surface area (Å²) in [5.41, 5.74) is 0.703. The molecule has 4 atom stereocenters. The molecule has 1 saturated heterocycles. The van der Waals surface area contributed by atoms with Crippen LogP contribution in [0.3, 0.4) is 0 Å². The van der Waals surface area contributed by atoms with Crippen LogP contribution >= 0.6 is 0 Å². The summed E-state index contributed by atoms with van der Waals surface area (Å²) in [6.07, 6.45) is 2.89. The Kier molecular flexibility index (Phi) is 5.27. The van der Waals surface area contributed by atoms with Gasteiger partial charge in [-0.25, -0.2) is 4.79 Å². The lowest BCUT2D eigenvalue weighted by molar-refractivity contribution is -0.385. The number of nitrogens with zero attached hydrogens (tertiary/aromatic N) is 2. The molecule has 2 aromatic rings. The Bertz CT molecular complexity index is 1230. The average molecular weight is 462 g/mol. The van der Waals surface area contributed by atoms with Gasteiger partial charge in [-0.15, -0.1) is 0 Å². The molecule has 2 aliphatic carbocycles. The van der Waals surface area contributed by atoms with Crippen LogP contribution in [0.15, 0.2) is 42.5 Å². The van der Waals surface area contributed by atoms with E-state index in [1.807, 2.05) is 0 Å². The molecule has 0 N–H and O–H groups in total. The van der Waals surface area contributed by atoms with E-state index >= 15 is 0 Å². The molecular weight excluding hydrogens is 440 g/mol. The quantitative estimate of drug-likeness (QED) is 0.212. The molecular formula is C25H22N2O7. The molecule has 2 amide bonds. The molecule has 174 valence electrons. The minimum Gasteiger partial charge on any atom is -0.454 e. The van der Waals surface area contributed by atoms with E-state index in [0.29, 0.717) is 11.3 Å². The summed E-state index contributed by atoms with van der Waals surface area (Å²) in [7, 11) is 0. The summed E-state index contributed by atoms with van der Waals surface area (Å²) < 4.78 is 5.12. The lowest BCUT2D eigenvalue weighted by Crippen LogP contribution is -2.32. The topological polar surface area (TPSA) is 124 Å². The van der Waals surface area contributed by atoms with E-state index in [1.165, 1.54) is 29.2 Å². The predicted octanol–water partition coefficient (Wildman–Crippen LogP) is 3.48. The molecule has 1 aliphatic heterocycles. The van der Waals surface area contributed by atoms with Gasteiger partial charge < -0.3 is 4.74 Å². The maximum absolute atomic E-state index is 13.0. The third-order valence-electron chi connectivity index (χ3n) is 7.33. The standard InChI is InChI=1S/C25H22N2O7/c1-13-5-6-14(11-19(13)27(32)33)20(28)12-34-25(31)17-3-2-4-18(10-17)26-23(29)21-15-7-8-16(9-15)22(21)24(26)30/h2-6,10-11,15-16,21-22H,7-9,12H2,1H3/t15-,16-,21+,22+/m0/s1. The Morgan fingerprint density at radius 1 is 1.03 bits per heavy atom. The highest BCUT2D eigenvalue weighted by atomic mass is 16.6. The minimum atomic E-state index is -0.795. The Morgan fingerprint density at radius 2 is 1.71 bits per heavy atom. The van der Waals surface area contributed by atoms with Crippen molar-refractivity contribution >= 4 is 34.9 Å². The van der Waals surface area contributed by atoms with Crippen molar-refractivity contribution in [3.8, 4) is 0 Å². The van der Waals surface area contributed by atoms with Gasteiger partial charge in [-0.05, 0) is 56.2 Å². The van der Waals surface area contributed by atoms with Crippen LogP contribution in [0.1, 0.15) is 45.5 Å². The van der Waals surface area contributed by atoms with E-state index in [1.54, 1.807) is 19.1 Å². The lowest BCUT2D eigenvalue weighted by Gasteiger charge is -2.19. The number of rotatable bonds is 6. The largest absolute Gasteiger partial charge is 0.454 e. The number of ether oxygens (including phenoxy) is 1. The monoisotopic (exact) mass is 462 g/mol. The molecule has 3 fully saturated rings. The van der Waals surface area contributed by atoms with Gasteiger partial charge in [0.25, 0.3) is 5.69 Å². The second kappa shape index (κ2) is 8.16. The van der Waals surface area contributed by atoms with Crippen molar-refractivity contribution in [3.05, 3.63) is 69.3 Å². The number of imide groups is 1. The molecule has 0 spiro atoms. The SMILES string of the molecule is Cc1ccc(C(=O)COC(=O)c2cccc(N3C(=O)[C@@H]4[C@H]5CC[C@@H](C5)[C@H]4C3=O)c2)cc1[N+](=O)[O-]. The molecule has 34 heavy (non-hydrogen) atoms. The molecule has 9 heteroatoms. The van der Waals surface area contributed by atoms with E-state index < -0.39 is 23.3 Å². The Labute approximate surface area is 194 Å². The molecule has 9 nitrogen and oxygen atoms in total. The number of nitro benzene ring substituents is 1. The highest BCUT2D eigenvalue weighted by Gasteiger charge is 2.61. The van der Waals surface area contributed by atoms with E-state index in [0.717, 1.165) is 25.3 Å². The van der Waals surface area contributed by atoms with Crippen molar-refractivity contribution in [2.75, 3.05) is 11.5 Å². The van der Waals surface area contributed by atoms with Crippen LogP contribution < -0.4 is 4.90 Å². The van der Waals surface area contributed by atoms with Crippen LogP contribution in [0.2, 0.25) is 0 Å². The average Bonchev–Trinajstić information content (AvgIpc) is 3.51. The summed E-state index contributed by atoms with van der Waals surface area (Å²) in [4.78, 5) is 62.8. The number of nitro groups is 1. The fourth-order valence-electron chi connectivity index (χ4n) is 5.71. The third-order valence-corrected chi connectivity index (χ3v) is 7.33. The lowest BCUT2D eigenvalue weighted by atomic mass is 9.81. The number of hydrogen-bond acceptors (Lipinski definition) is 7. The van der Waals surface area contributed by atoms with Crippen molar-refractivity contribution in [2.24, 2.45) is 23.7 Å². The normalized spacial score (nSPS) is 24.9. The second-order valence-corrected chi connectivity index (χ2v) is 9.20. The minimum absolute atomic E-state index is 0.0632. The maximum Gasteiger partial charge on any atom is 0.338 e. The summed E-state index contributed by atoms with van der Waals surface area (Å²) in [5.74, 6) is -1.80. The molecule has 5 rings (SSSR count). The highest BCUT2D eigenvalue weighted by Crippen LogP contribution is 2.56. The van der Waals surface area contributed by atoms with E-state index in [9.17, 15) is 29.3 Å². The number of ketones is 1. The van der Waals surface area contributed by atoms with Crippen LogP contribution in [0.25, 0.3) is 0 Å². The van der Waals surface area contributed by atoms with Crippen LogP contribution in [0, 0.1) is 40.7 Å². The highest BCUT2D eigenvalue weighted by molar-refractivity contribution is 6.22. The number of Topliss-reactive ketones (excluding diaryl/α,β-unsaturated/α-hetero) is 1. The van der Waals surface area contributed by atoms with Crippen molar-refractivity contribution in [1.82, 2.24) is 0 Å². The summed E-state index contributed by atoms with van der Waals surface area (Å²) in [6.45, 7) is 0.964. The molecule has 3 aliphatic rings. The molecule has 0 aromatic heterocycles. The number of anilines is 1. The molecule has 1 heterocycles. The van der Waals surface area contributed by atoms with Gasteiger partial charge in [0.05, 0.1) is 28.0 Å². The second-order valence-electron chi connectivity index (χ2n) is 9.20. The van der Waals surface area contributed by atoms with Crippen LogP contribution in [0.4, 0.5) is 11.4 Å². The van der Waals surface area contributed by atoms with E-state index in [2.05, 4.69) is 0 Å². The number of benzene rings is 2. The van der Waals surface area contributed by atoms with Gasteiger partial charge in [0.1, 0.15) is 0 Å². The predicted molar refractivity (Wildman–Crippen MR) is 119 cm³/mol. The van der Waals surface area contributed by atoms with Crippen molar-refractivity contribution in [2.45, 2.75) is 26.2 Å². The van der Waals surface area contributed by atoms with Gasteiger partial charge in [0.15, 0.2) is 6.61 Å². The number of carbonyl (C=O) groups excluding carboxylic acids is 4. The van der Waals surface area contributed by atoms with Gasteiger partial charge in [-0.2, -0.15) is 0 Å². The summed E-state index contributed by atoms with van der Waals surface area (Å²) in [6, 6.07) is 10.1. The van der Waals surface area contributed by atoms with Crippen molar-refractivity contribution < 1.29 is 28.8 Å². The van der Waals surface area contributed by atoms with Gasteiger partial charge in [-0.3, -0.25) is 29.4 Å². The first-order valence-electron chi connectivity index (χ1n) is 11.2. The van der Waals surface area contributed by atoms with Crippen molar-refractivity contribution in [1.29, 1.82) is 0 Å². The Balaban J connectivity index is 1.29. The summed E-state index contributed by atoms with van der Waals surface area (Å²) in [5, 5.41) is 11.1. The smallest absolute Gasteiger partial charge is 0.338 e. The summed E-state index contributed by atoms with van der Waals surface area (Å²) >= 11 is 0. The van der Waals surface area contributed by atoms with Gasteiger partial charge >= 0.3 is 5.97 Å². The Hall–Kier alpha value is -3.88. The zero-order valence-electron chi connectivity index (χ0n) is 18.4. The molecule has 2 aromatic carbocycles. The first kappa shape index (κ1) is 21.9. The number of hydrogen-bond donors (Lipinski definition) is 0. The van der Waals surface area contributed by atoms with Gasteiger partial charge in [0.2, 0.25) is 17.6 Å². The van der Waals surface area contributed by atoms with E-state index in [-0.39, 0.29) is 52.3 Å². The third kappa shape index (κ3) is 3.48. The number of amides is 2. The number of aryl methyl sites for hydroxylation is 1. The maximum atomic E-state index is 13.0. The number of fused-ring (bicyclic) bond motifs is 5.